The summed E-state index contributed by atoms with van der Waals surface area (Å²) in [4.78, 5) is 69.9. The lowest BCUT2D eigenvalue weighted by Crippen LogP contribution is -2.42. The van der Waals surface area contributed by atoms with Crippen molar-refractivity contribution in [1.29, 1.82) is 0 Å². The lowest BCUT2D eigenvalue weighted by Gasteiger charge is -2.22. The van der Waals surface area contributed by atoms with Gasteiger partial charge in [0.1, 0.15) is 12.2 Å². The average molecular weight is 970 g/mol. The molecule has 3 aliphatic rings. The number of cyclic esters (lactones) is 2. The quantitative estimate of drug-likeness (QED) is 0.0436. The van der Waals surface area contributed by atoms with Gasteiger partial charge in [0.15, 0.2) is 0 Å². The molecule has 2 bridgehead atoms. The number of nitrogens with zero attached hydrogens (tertiary/aromatic N) is 2. The predicted octanol–water partition coefficient (Wildman–Crippen LogP) is 5.28. The first-order valence-electron chi connectivity index (χ1n) is 23.6. The van der Waals surface area contributed by atoms with Crippen LogP contribution in [-0.2, 0) is 44.5 Å². The van der Waals surface area contributed by atoms with Gasteiger partial charge < -0.3 is 50.4 Å². The molecule has 18 heteroatoms. The van der Waals surface area contributed by atoms with E-state index in [1.807, 2.05) is 77.2 Å². The molecular weight excluding hydrogens is 895 g/mol. The van der Waals surface area contributed by atoms with Crippen molar-refractivity contribution in [3.8, 4) is 0 Å². The van der Waals surface area contributed by atoms with Gasteiger partial charge in [0, 0.05) is 73.3 Å². The van der Waals surface area contributed by atoms with E-state index in [4.69, 9.17) is 23.9 Å². The Morgan fingerprint density at radius 3 is 2.42 bits per heavy atom. The molecule has 0 unspecified atom stereocenters. The third-order valence-corrected chi connectivity index (χ3v) is 13.7. The van der Waals surface area contributed by atoms with Crippen LogP contribution in [0.5, 0.6) is 0 Å². The van der Waals surface area contributed by atoms with Crippen molar-refractivity contribution in [2.75, 3.05) is 72.5 Å². The Hall–Kier alpha value is -4.33. The molecule has 2 saturated heterocycles. The molecule has 4 heterocycles. The van der Waals surface area contributed by atoms with Crippen LogP contribution in [0, 0.1) is 0 Å². The summed E-state index contributed by atoms with van der Waals surface area (Å²) in [6, 6.07) is -0.0349. The zero-order chi connectivity index (χ0) is 48.6. The molecule has 1 aromatic heterocycles. The monoisotopic (exact) mass is 970 g/mol. The van der Waals surface area contributed by atoms with Gasteiger partial charge in [0.05, 0.1) is 62.2 Å². The fourth-order valence-corrected chi connectivity index (χ4v) is 10.3. The Kier molecular flexibility index (Phi) is 24.9. The third-order valence-electron chi connectivity index (χ3n) is 11.3. The summed E-state index contributed by atoms with van der Waals surface area (Å²) in [5, 5.41) is 18.2. The van der Waals surface area contributed by atoms with E-state index in [2.05, 4.69) is 50.6 Å². The number of ether oxygens (including phenoxy) is 4. The highest BCUT2D eigenvalue weighted by molar-refractivity contribution is 8.00. The Bertz CT molecular complexity index is 1910. The molecular formula is C49H75N7O9S2. The smallest absolute Gasteiger partial charge is 0.331 e. The number of thiazole rings is 1. The van der Waals surface area contributed by atoms with Gasteiger partial charge in [0.2, 0.25) is 11.8 Å². The van der Waals surface area contributed by atoms with Crippen molar-refractivity contribution in [2.45, 2.75) is 127 Å². The van der Waals surface area contributed by atoms with Gasteiger partial charge in [0.25, 0.3) is 0 Å². The Morgan fingerprint density at radius 1 is 0.940 bits per heavy atom. The molecule has 0 spiro atoms. The number of carbonyl (C=O) groups is 5. The van der Waals surface area contributed by atoms with Gasteiger partial charge in [-0.25, -0.2) is 14.6 Å². The van der Waals surface area contributed by atoms with Crippen LogP contribution in [0.4, 0.5) is 4.79 Å². The number of aromatic nitrogens is 1. The number of carbonyl (C=O) groups excluding carboxylic acids is 5. The van der Waals surface area contributed by atoms with Crippen LogP contribution in [0.3, 0.4) is 0 Å². The number of thioether (sulfide) groups is 1. The standard InChI is InChI=1S/C49H75N7O9S2/c1-33(17-20-56(6)7)15-16-35(3)26-39-29-45-53-40(31-67-45)36(4)27-38(28-47(60)64-37(5)25-34(2)11-10-14-46(59)65-39)52-30-44(58)51-19-22-63-24-23-62-21-18-50-43(57)13-9-8-12-42-48-41(32-66-42)54-49(61)55-48/h10-11,14-17,26,31,36-39,41-42,48,52H,8-9,12-13,18-25,27-30,32H2,1-7H3,(H,50,57)(H,51,58)(H2,54,55,61)/b14-10-,16-15+,33-17+,34-11+,35-26+/t36-,37-,38+,39+,41-,42-,48-/m0/s1. The number of fused-ring (bicyclic) bond motifs is 3. The van der Waals surface area contributed by atoms with Gasteiger partial charge in [-0.15, -0.1) is 11.3 Å². The first kappa shape index (κ1) is 55.3. The first-order chi connectivity index (χ1) is 32.1. The second-order valence-electron chi connectivity index (χ2n) is 17.9. The van der Waals surface area contributed by atoms with E-state index in [-0.39, 0.29) is 60.8 Å². The normalized spacial score (nSPS) is 25.8. The molecule has 1 aromatic rings. The van der Waals surface area contributed by atoms with E-state index >= 15 is 0 Å². The molecule has 7 atom stereocenters. The minimum Gasteiger partial charge on any atom is -0.462 e. The number of likely N-dealkylation sites (N-methyl/N-ethyl adjacent to an activating group) is 1. The maximum absolute atomic E-state index is 13.2. The highest BCUT2D eigenvalue weighted by Gasteiger charge is 2.42. The minimum absolute atomic E-state index is 0.00152. The first-order valence-corrected chi connectivity index (χ1v) is 25.5. The number of esters is 2. The zero-order valence-corrected chi connectivity index (χ0v) is 42.2. The Labute approximate surface area is 406 Å². The minimum atomic E-state index is -0.544. The van der Waals surface area contributed by atoms with Crippen molar-refractivity contribution in [1.82, 2.24) is 36.5 Å². The molecule has 372 valence electrons. The Balaban J connectivity index is 1.18. The van der Waals surface area contributed by atoms with E-state index in [1.54, 1.807) is 6.08 Å². The highest BCUT2D eigenvalue weighted by atomic mass is 32.2. The average Bonchev–Trinajstić information content (AvgIpc) is 3.99. The second kappa shape index (κ2) is 30.2. The molecule has 4 amide bonds. The Morgan fingerprint density at radius 2 is 1.67 bits per heavy atom. The molecule has 5 N–H and O–H groups in total. The number of rotatable bonds is 22. The van der Waals surface area contributed by atoms with Gasteiger partial charge >= 0.3 is 18.0 Å². The van der Waals surface area contributed by atoms with Crippen LogP contribution < -0.4 is 26.6 Å². The van der Waals surface area contributed by atoms with Gasteiger partial charge in [-0.3, -0.25) is 14.4 Å². The summed E-state index contributed by atoms with van der Waals surface area (Å²) >= 11 is 3.38. The molecule has 16 nitrogen and oxygen atoms in total. The van der Waals surface area contributed by atoms with Gasteiger partial charge in [-0.05, 0) is 67.1 Å². The third kappa shape index (κ3) is 22.6. The summed E-state index contributed by atoms with van der Waals surface area (Å²) in [6.45, 7) is 12.8. The maximum atomic E-state index is 13.2. The lowest BCUT2D eigenvalue weighted by atomic mass is 9.97. The van der Waals surface area contributed by atoms with Crippen molar-refractivity contribution in [3.63, 3.8) is 0 Å². The predicted molar refractivity (Wildman–Crippen MR) is 265 cm³/mol. The van der Waals surface area contributed by atoms with Crippen LogP contribution in [0.1, 0.15) is 96.2 Å². The van der Waals surface area contributed by atoms with Crippen LogP contribution in [0.15, 0.2) is 64.6 Å². The van der Waals surface area contributed by atoms with Crippen LogP contribution >= 0.6 is 23.1 Å². The van der Waals surface area contributed by atoms with Crippen LogP contribution in [0.2, 0.25) is 0 Å². The fraction of sp³-hybridized carbons (Fsp3) is 0.633. The lowest BCUT2D eigenvalue weighted by molar-refractivity contribution is -0.149. The molecule has 0 aliphatic carbocycles. The van der Waals surface area contributed by atoms with Crippen LogP contribution in [0.25, 0.3) is 0 Å². The van der Waals surface area contributed by atoms with E-state index in [0.29, 0.717) is 70.5 Å². The molecule has 4 rings (SSSR count). The molecule has 3 aliphatic heterocycles. The molecule has 0 saturated carbocycles. The number of nitrogens with one attached hydrogen (secondary N) is 5. The molecule has 0 aromatic carbocycles. The number of allylic oxidation sites excluding steroid dienone is 6. The van der Waals surface area contributed by atoms with Crippen molar-refractivity contribution >= 4 is 52.9 Å². The number of unbranched alkanes of at least 4 members (excludes halogenated alkanes) is 1. The SMILES string of the molecule is CC(/C=C/C(C)=C/[C@@H]1Cc2nc(cs2)[C@@H](C)C[C@@H](NCC(=O)NCCOCCOCCNC(=O)CCCC[C@@H]2SC[C@@H]3NC(=O)N[C@@H]32)CC(=O)O[C@@H](C)C/C(C)=C/C=C\C(=O)O1)=C\CN(C)C. The van der Waals surface area contributed by atoms with Gasteiger partial charge in [-0.1, -0.05) is 60.4 Å². The van der Waals surface area contributed by atoms with Crippen LogP contribution in [-0.4, -0.2) is 148 Å². The van der Waals surface area contributed by atoms with E-state index < -0.39 is 18.2 Å². The molecule has 2 fully saturated rings. The number of urea groups is 1. The topological polar surface area (TPSA) is 199 Å². The largest absolute Gasteiger partial charge is 0.462 e. The number of hydrogen-bond acceptors (Lipinski definition) is 14. The summed E-state index contributed by atoms with van der Waals surface area (Å²) in [5.41, 5.74) is 3.88. The maximum Gasteiger partial charge on any atom is 0.331 e. The highest BCUT2D eigenvalue weighted by Crippen LogP contribution is 2.33. The van der Waals surface area contributed by atoms with Gasteiger partial charge in [-0.2, -0.15) is 11.8 Å². The second-order valence-corrected chi connectivity index (χ2v) is 20.1. The van der Waals surface area contributed by atoms with Crippen molar-refractivity contribution in [3.05, 3.63) is 75.3 Å². The van der Waals surface area contributed by atoms with Crippen molar-refractivity contribution < 1.29 is 42.9 Å². The fourth-order valence-electron chi connectivity index (χ4n) is 7.77. The molecule has 67 heavy (non-hydrogen) atoms. The summed E-state index contributed by atoms with van der Waals surface area (Å²) < 4.78 is 22.9. The van der Waals surface area contributed by atoms with E-state index in [0.717, 1.165) is 59.0 Å². The summed E-state index contributed by atoms with van der Waals surface area (Å²) in [6.07, 6.45) is 16.8. The van der Waals surface area contributed by atoms with E-state index in [1.165, 1.54) is 17.4 Å². The summed E-state index contributed by atoms with van der Waals surface area (Å²) in [5.74, 6) is -0.182. The summed E-state index contributed by atoms with van der Waals surface area (Å²) in [7, 11) is 4.05. The number of hydrogen-bond donors (Lipinski definition) is 5. The molecule has 0 radical (unpaired) electrons. The zero-order valence-electron chi connectivity index (χ0n) is 40.6. The number of amides is 4. The van der Waals surface area contributed by atoms with Crippen molar-refractivity contribution in [2.24, 2.45) is 0 Å². The van der Waals surface area contributed by atoms with E-state index in [9.17, 15) is 24.0 Å².